The van der Waals surface area contributed by atoms with E-state index in [4.69, 9.17) is 0 Å². The standard InChI is InChI=1S/C14H14F2N2O3/c1-8(19)6-7-18-12(20)14(2,17-13(18)21)11-9(15)4-3-5-10(11)16/h3-5H,6-7H2,1-2H3,(H,17,21)/t14-/m0/s1. The summed E-state index contributed by atoms with van der Waals surface area (Å²) in [7, 11) is 0. The summed E-state index contributed by atoms with van der Waals surface area (Å²) in [6, 6.07) is 2.43. The number of carbonyl (C=O) groups is 3. The highest BCUT2D eigenvalue weighted by molar-refractivity contribution is 6.07. The lowest BCUT2D eigenvalue weighted by Crippen LogP contribution is -2.42. The minimum Gasteiger partial charge on any atom is -0.319 e. The molecule has 0 radical (unpaired) electrons. The molecule has 1 aromatic rings. The van der Waals surface area contributed by atoms with Gasteiger partial charge in [0.15, 0.2) is 0 Å². The third-order valence-electron chi connectivity index (χ3n) is 3.43. The van der Waals surface area contributed by atoms with Gasteiger partial charge in [0.25, 0.3) is 5.91 Å². The van der Waals surface area contributed by atoms with Gasteiger partial charge in [0.05, 0.1) is 5.56 Å². The van der Waals surface area contributed by atoms with E-state index in [1.54, 1.807) is 0 Å². The zero-order chi connectivity index (χ0) is 15.8. The minimum absolute atomic E-state index is 0.00497. The molecule has 2 rings (SSSR count). The van der Waals surface area contributed by atoms with E-state index in [0.717, 1.165) is 17.0 Å². The van der Waals surface area contributed by atoms with Crippen molar-refractivity contribution < 1.29 is 23.2 Å². The molecule has 0 aromatic heterocycles. The van der Waals surface area contributed by atoms with Crippen LogP contribution < -0.4 is 5.32 Å². The summed E-state index contributed by atoms with van der Waals surface area (Å²) in [6.07, 6.45) is -0.00497. The SMILES string of the molecule is CC(=O)CCN1C(=O)N[C@@](C)(c2c(F)cccc2F)C1=O. The van der Waals surface area contributed by atoms with Gasteiger partial charge in [-0.3, -0.25) is 14.5 Å². The van der Waals surface area contributed by atoms with Crippen molar-refractivity contribution in [3.8, 4) is 0 Å². The average Bonchev–Trinajstić information content (AvgIpc) is 2.58. The molecule has 0 saturated carbocycles. The van der Waals surface area contributed by atoms with Crippen LogP contribution in [0.2, 0.25) is 0 Å². The second kappa shape index (κ2) is 5.23. The fourth-order valence-corrected chi connectivity index (χ4v) is 2.31. The van der Waals surface area contributed by atoms with Crippen molar-refractivity contribution in [3.05, 3.63) is 35.4 Å². The molecule has 1 aliphatic heterocycles. The third kappa shape index (κ3) is 2.51. The van der Waals surface area contributed by atoms with E-state index < -0.39 is 34.7 Å². The summed E-state index contributed by atoms with van der Waals surface area (Å²) < 4.78 is 27.7. The van der Waals surface area contributed by atoms with Gasteiger partial charge in [0.2, 0.25) is 0 Å². The first-order valence-electron chi connectivity index (χ1n) is 6.35. The van der Waals surface area contributed by atoms with E-state index in [1.807, 2.05) is 0 Å². The lowest BCUT2D eigenvalue weighted by atomic mass is 9.91. The number of hydrogen-bond donors (Lipinski definition) is 1. The van der Waals surface area contributed by atoms with E-state index in [9.17, 15) is 23.2 Å². The third-order valence-corrected chi connectivity index (χ3v) is 3.43. The molecule has 112 valence electrons. The van der Waals surface area contributed by atoms with E-state index in [2.05, 4.69) is 5.32 Å². The highest BCUT2D eigenvalue weighted by Crippen LogP contribution is 2.32. The number of amides is 3. The quantitative estimate of drug-likeness (QED) is 0.860. The fourth-order valence-electron chi connectivity index (χ4n) is 2.31. The number of benzene rings is 1. The number of urea groups is 1. The summed E-state index contributed by atoms with van der Waals surface area (Å²) >= 11 is 0. The highest BCUT2D eigenvalue weighted by atomic mass is 19.1. The van der Waals surface area contributed by atoms with Crippen LogP contribution in [0.3, 0.4) is 0 Å². The first-order chi connectivity index (χ1) is 9.77. The summed E-state index contributed by atoms with van der Waals surface area (Å²) in [5, 5.41) is 2.30. The Bertz CT molecular complexity index is 612. The van der Waals surface area contributed by atoms with Crippen molar-refractivity contribution in [2.24, 2.45) is 0 Å². The van der Waals surface area contributed by atoms with Crippen LogP contribution in [0.4, 0.5) is 13.6 Å². The van der Waals surface area contributed by atoms with E-state index in [1.165, 1.54) is 19.9 Å². The van der Waals surface area contributed by atoms with Crippen molar-refractivity contribution in [1.29, 1.82) is 0 Å². The molecule has 7 heteroatoms. The molecule has 1 aromatic carbocycles. The molecular weight excluding hydrogens is 282 g/mol. The van der Waals surface area contributed by atoms with Crippen LogP contribution in [0.25, 0.3) is 0 Å². The lowest BCUT2D eigenvalue weighted by Gasteiger charge is -2.23. The van der Waals surface area contributed by atoms with Crippen LogP contribution >= 0.6 is 0 Å². The number of halogens is 2. The van der Waals surface area contributed by atoms with Crippen LogP contribution in [-0.4, -0.2) is 29.2 Å². The maximum atomic E-state index is 13.9. The van der Waals surface area contributed by atoms with Gasteiger partial charge in [0, 0.05) is 13.0 Å². The molecule has 0 bridgehead atoms. The molecular formula is C14H14F2N2O3. The molecule has 5 nitrogen and oxygen atoms in total. The monoisotopic (exact) mass is 296 g/mol. The number of imide groups is 1. The minimum atomic E-state index is -1.82. The van der Waals surface area contributed by atoms with Crippen molar-refractivity contribution in [3.63, 3.8) is 0 Å². The van der Waals surface area contributed by atoms with Crippen molar-refractivity contribution in [1.82, 2.24) is 10.2 Å². The molecule has 1 atom stereocenters. The van der Waals surface area contributed by atoms with Gasteiger partial charge in [-0.2, -0.15) is 0 Å². The average molecular weight is 296 g/mol. The number of nitrogens with one attached hydrogen (secondary N) is 1. The first kappa shape index (κ1) is 15.1. The molecule has 3 amide bonds. The number of nitrogens with zero attached hydrogens (tertiary/aromatic N) is 1. The summed E-state index contributed by atoms with van der Waals surface area (Å²) in [5.41, 5.74) is -2.32. The zero-order valence-corrected chi connectivity index (χ0v) is 11.6. The predicted octanol–water partition coefficient (Wildman–Crippen LogP) is 1.71. The number of hydrogen-bond acceptors (Lipinski definition) is 3. The van der Waals surface area contributed by atoms with Crippen LogP contribution in [-0.2, 0) is 15.1 Å². The second-order valence-electron chi connectivity index (χ2n) is 5.06. The zero-order valence-electron chi connectivity index (χ0n) is 11.6. The van der Waals surface area contributed by atoms with E-state index >= 15 is 0 Å². The van der Waals surface area contributed by atoms with Gasteiger partial charge in [-0.1, -0.05) is 6.07 Å². The number of Topliss-reactive ketones (excluding diaryl/α,β-unsaturated/α-hetero) is 1. The van der Waals surface area contributed by atoms with Crippen LogP contribution in [0.1, 0.15) is 25.8 Å². The van der Waals surface area contributed by atoms with Crippen molar-refractivity contribution in [2.75, 3.05) is 6.54 Å². The molecule has 1 heterocycles. The smallest absolute Gasteiger partial charge is 0.319 e. The van der Waals surface area contributed by atoms with Gasteiger partial charge >= 0.3 is 6.03 Å². The molecule has 21 heavy (non-hydrogen) atoms. The van der Waals surface area contributed by atoms with Crippen molar-refractivity contribution in [2.45, 2.75) is 25.8 Å². The van der Waals surface area contributed by atoms with Gasteiger partial charge < -0.3 is 5.32 Å². The fraction of sp³-hybridized carbons (Fsp3) is 0.357. The Morgan fingerprint density at radius 3 is 2.38 bits per heavy atom. The Kier molecular flexibility index (Phi) is 3.76. The maximum Gasteiger partial charge on any atom is 0.325 e. The molecule has 0 unspecified atom stereocenters. The molecule has 0 spiro atoms. The van der Waals surface area contributed by atoms with Gasteiger partial charge in [-0.15, -0.1) is 0 Å². The maximum absolute atomic E-state index is 13.9. The molecule has 1 fully saturated rings. The summed E-state index contributed by atoms with van der Waals surface area (Å²) in [5.74, 6) is -2.81. The topological polar surface area (TPSA) is 66.5 Å². The molecule has 1 saturated heterocycles. The number of carbonyl (C=O) groups excluding carboxylic acids is 3. The predicted molar refractivity (Wildman–Crippen MR) is 69.3 cm³/mol. The van der Waals surface area contributed by atoms with Crippen LogP contribution in [0.5, 0.6) is 0 Å². The van der Waals surface area contributed by atoms with Crippen LogP contribution in [0.15, 0.2) is 18.2 Å². The Morgan fingerprint density at radius 1 is 1.29 bits per heavy atom. The van der Waals surface area contributed by atoms with E-state index in [0.29, 0.717) is 0 Å². The number of ketones is 1. The Balaban J connectivity index is 2.38. The van der Waals surface area contributed by atoms with Crippen LogP contribution in [0, 0.1) is 11.6 Å². The van der Waals surface area contributed by atoms with Gasteiger partial charge in [0.1, 0.15) is 23.0 Å². The van der Waals surface area contributed by atoms with Gasteiger partial charge in [-0.25, -0.2) is 13.6 Å². The van der Waals surface area contributed by atoms with Crippen molar-refractivity contribution >= 4 is 17.7 Å². The van der Waals surface area contributed by atoms with Gasteiger partial charge in [-0.05, 0) is 26.0 Å². The number of rotatable bonds is 4. The highest BCUT2D eigenvalue weighted by Gasteiger charge is 2.51. The molecule has 1 aliphatic rings. The first-order valence-corrected chi connectivity index (χ1v) is 6.35. The molecule has 0 aliphatic carbocycles. The normalized spacial score (nSPS) is 21.6. The molecule has 1 N–H and O–H groups in total. The second-order valence-corrected chi connectivity index (χ2v) is 5.06. The Labute approximate surface area is 119 Å². The Hall–Kier alpha value is -2.31. The summed E-state index contributed by atoms with van der Waals surface area (Å²) in [6.45, 7) is 2.45. The van der Waals surface area contributed by atoms with E-state index in [-0.39, 0.29) is 18.7 Å². The Morgan fingerprint density at radius 2 is 1.86 bits per heavy atom. The lowest BCUT2D eigenvalue weighted by molar-refractivity contribution is -0.131. The summed E-state index contributed by atoms with van der Waals surface area (Å²) in [4.78, 5) is 36.0. The largest absolute Gasteiger partial charge is 0.325 e.